The number of nitrogens with two attached hydrogens (primary N) is 1. The molecule has 3 N–H and O–H groups in total. The van der Waals surface area contributed by atoms with Crippen molar-refractivity contribution in [3.05, 3.63) is 40.5 Å². The summed E-state index contributed by atoms with van der Waals surface area (Å²) >= 11 is 12.2. The number of hydrogen-bond donors (Lipinski definition) is 2. The number of nitrogens with zero attached hydrogens (tertiary/aromatic N) is 1. The summed E-state index contributed by atoms with van der Waals surface area (Å²) in [5, 5.41) is 4.52. The second-order valence-corrected chi connectivity index (χ2v) is 6.27. The number of benzene rings is 1. The minimum Gasteiger partial charge on any atom is -0.395 e. The molecule has 1 heterocycles. The fourth-order valence-corrected chi connectivity index (χ4v) is 2.42. The minimum atomic E-state index is 0.274. The predicted octanol–water partition coefficient (Wildman–Crippen LogP) is 5.09. The van der Waals surface area contributed by atoms with Crippen LogP contribution in [0.1, 0.15) is 20.8 Å². The first kappa shape index (κ1) is 15.9. The summed E-state index contributed by atoms with van der Waals surface area (Å²) in [7, 11) is 0. The Hall–Kier alpha value is -1.45. The van der Waals surface area contributed by atoms with Gasteiger partial charge in [0.2, 0.25) is 0 Å². The molecule has 3 nitrogen and oxygen atoms in total. The summed E-state index contributed by atoms with van der Waals surface area (Å²) in [4.78, 5) is 4.33. The highest BCUT2D eigenvalue weighted by Crippen LogP contribution is 2.36. The Morgan fingerprint density at radius 1 is 1.10 bits per heavy atom. The van der Waals surface area contributed by atoms with Crippen molar-refractivity contribution in [1.82, 2.24) is 4.98 Å². The van der Waals surface area contributed by atoms with Gasteiger partial charge >= 0.3 is 0 Å². The van der Waals surface area contributed by atoms with E-state index in [1.54, 1.807) is 18.3 Å². The van der Waals surface area contributed by atoms with Gasteiger partial charge in [0.15, 0.2) is 0 Å². The highest BCUT2D eigenvalue weighted by molar-refractivity contribution is 6.36. The molecule has 0 spiro atoms. The lowest BCUT2D eigenvalue weighted by molar-refractivity contribution is 0.558. The van der Waals surface area contributed by atoms with Crippen molar-refractivity contribution in [3.8, 4) is 11.1 Å². The van der Waals surface area contributed by atoms with Gasteiger partial charge in [-0.05, 0) is 31.0 Å². The molecule has 21 heavy (non-hydrogen) atoms. The minimum absolute atomic E-state index is 0.274. The number of hydrogen-bond acceptors (Lipinski definition) is 3. The van der Waals surface area contributed by atoms with Crippen molar-refractivity contribution in [3.63, 3.8) is 0 Å². The van der Waals surface area contributed by atoms with Gasteiger partial charge in [0.25, 0.3) is 0 Å². The molecule has 1 aromatic carbocycles. The quantitative estimate of drug-likeness (QED) is 0.823. The second kappa shape index (κ2) is 6.54. The second-order valence-electron chi connectivity index (χ2n) is 5.42. The SMILES string of the molecule is CC(C)C(C)Nc1nccc(-c2ccc(Cl)cc2Cl)c1N. The molecule has 2 aromatic rings. The first-order valence-electron chi connectivity index (χ1n) is 6.86. The smallest absolute Gasteiger partial charge is 0.150 e. The molecule has 0 fully saturated rings. The van der Waals surface area contributed by atoms with E-state index in [4.69, 9.17) is 28.9 Å². The van der Waals surface area contributed by atoms with Gasteiger partial charge in [-0.25, -0.2) is 4.98 Å². The Morgan fingerprint density at radius 2 is 1.81 bits per heavy atom. The molecule has 0 saturated heterocycles. The Morgan fingerprint density at radius 3 is 2.43 bits per heavy atom. The third-order valence-corrected chi connectivity index (χ3v) is 4.12. The van der Waals surface area contributed by atoms with E-state index in [0.29, 0.717) is 27.5 Å². The molecule has 1 atom stereocenters. The first-order chi connectivity index (χ1) is 9.90. The van der Waals surface area contributed by atoms with E-state index >= 15 is 0 Å². The molecular weight excluding hydrogens is 305 g/mol. The third kappa shape index (κ3) is 3.60. The van der Waals surface area contributed by atoms with Crippen molar-refractivity contribution in [2.45, 2.75) is 26.8 Å². The van der Waals surface area contributed by atoms with E-state index in [2.05, 4.69) is 31.1 Å². The highest BCUT2D eigenvalue weighted by atomic mass is 35.5. The zero-order chi connectivity index (χ0) is 15.6. The summed E-state index contributed by atoms with van der Waals surface area (Å²) in [6, 6.07) is 7.51. The van der Waals surface area contributed by atoms with Crippen LogP contribution in [0, 0.1) is 5.92 Å². The van der Waals surface area contributed by atoms with Crippen molar-refractivity contribution in [1.29, 1.82) is 0 Å². The molecule has 0 aliphatic carbocycles. The molecule has 2 rings (SSSR count). The van der Waals surface area contributed by atoms with E-state index < -0.39 is 0 Å². The van der Waals surface area contributed by atoms with Gasteiger partial charge in [-0.3, -0.25) is 0 Å². The van der Waals surface area contributed by atoms with Crippen molar-refractivity contribution in [2.75, 3.05) is 11.1 Å². The van der Waals surface area contributed by atoms with Crippen LogP contribution in [0.4, 0.5) is 11.5 Å². The summed E-state index contributed by atoms with van der Waals surface area (Å²) in [6.07, 6.45) is 1.73. The molecule has 0 aliphatic heterocycles. The van der Waals surface area contributed by atoms with Gasteiger partial charge in [-0.15, -0.1) is 0 Å². The van der Waals surface area contributed by atoms with E-state index in [-0.39, 0.29) is 6.04 Å². The van der Waals surface area contributed by atoms with E-state index in [1.807, 2.05) is 12.1 Å². The largest absolute Gasteiger partial charge is 0.395 e. The molecular formula is C16H19Cl2N3. The summed E-state index contributed by atoms with van der Waals surface area (Å²) < 4.78 is 0. The van der Waals surface area contributed by atoms with Crippen molar-refractivity contribution >= 4 is 34.7 Å². The average molecular weight is 324 g/mol. The summed E-state index contributed by atoms with van der Waals surface area (Å²) in [5.41, 5.74) is 8.55. The lowest BCUT2D eigenvalue weighted by Crippen LogP contribution is -2.22. The van der Waals surface area contributed by atoms with Gasteiger partial charge in [0, 0.05) is 33.4 Å². The van der Waals surface area contributed by atoms with Gasteiger partial charge in [0.05, 0.1) is 5.69 Å². The summed E-state index contributed by atoms with van der Waals surface area (Å²) in [5.74, 6) is 1.16. The number of nitrogens with one attached hydrogen (secondary N) is 1. The molecule has 0 amide bonds. The lowest BCUT2D eigenvalue weighted by atomic mass is 10.0. The molecule has 1 aromatic heterocycles. The molecule has 0 radical (unpaired) electrons. The Bertz CT molecular complexity index is 641. The standard InChI is InChI=1S/C16H19Cl2N3/c1-9(2)10(3)21-16-15(19)13(6-7-20-16)12-5-4-11(17)8-14(12)18/h4-10H,19H2,1-3H3,(H,20,21). The number of anilines is 2. The van der Waals surface area contributed by atoms with Crippen LogP contribution in [0.3, 0.4) is 0 Å². The van der Waals surface area contributed by atoms with Crippen LogP contribution in [0.5, 0.6) is 0 Å². The van der Waals surface area contributed by atoms with Gasteiger partial charge in [-0.2, -0.15) is 0 Å². The molecule has 0 saturated carbocycles. The summed E-state index contributed by atoms with van der Waals surface area (Å²) in [6.45, 7) is 6.40. The molecule has 112 valence electrons. The van der Waals surface area contributed by atoms with E-state index in [1.165, 1.54) is 0 Å². The van der Waals surface area contributed by atoms with Crippen LogP contribution in [0.2, 0.25) is 10.0 Å². The van der Waals surface area contributed by atoms with Crippen molar-refractivity contribution < 1.29 is 0 Å². The van der Waals surface area contributed by atoms with E-state index in [9.17, 15) is 0 Å². The molecule has 1 unspecified atom stereocenters. The Kier molecular flexibility index (Phi) is 4.96. The maximum atomic E-state index is 6.26. The number of pyridine rings is 1. The third-order valence-electron chi connectivity index (χ3n) is 3.58. The zero-order valence-electron chi connectivity index (χ0n) is 12.3. The number of aromatic nitrogens is 1. The van der Waals surface area contributed by atoms with Crippen LogP contribution in [0.15, 0.2) is 30.5 Å². The Balaban J connectivity index is 2.42. The van der Waals surface area contributed by atoms with Crippen LogP contribution in [0.25, 0.3) is 11.1 Å². The molecule has 0 bridgehead atoms. The zero-order valence-corrected chi connectivity index (χ0v) is 13.8. The lowest BCUT2D eigenvalue weighted by Gasteiger charge is -2.20. The molecule has 5 heteroatoms. The van der Waals surface area contributed by atoms with Crippen molar-refractivity contribution in [2.24, 2.45) is 5.92 Å². The molecule has 0 aliphatic rings. The number of rotatable bonds is 4. The Labute approximate surface area is 135 Å². The predicted molar refractivity (Wildman–Crippen MR) is 92.0 cm³/mol. The fraction of sp³-hybridized carbons (Fsp3) is 0.312. The highest BCUT2D eigenvalue weighted by Gasteiger charge is 2.14. The van der Waals surface area contributed by atoms with Gasteiger partial charge in [0.1, 0.15) is 5.82 Å². The maximum Gasteiger partial charge on any atom is 0.150 e. The first-order valence-corrected chi connectivity index (χ1v) is 7.62. The maximum absolute atomic E-state index is 6.26. The topological polar surface area (TPSA) is 50.9 Å². The fourth-order valence-electron chi connectivity index (χ4n) is 1.91. The van der Waals surface area contributed by atoms with E-state index in [0.717, 1.165) is 11.1 Å². The van der Waals surface area contributed by atoms with Gasteiger partial charge < -0.3 is 11.1 Å². The number of nitrogen functional groups attached to an aromatic ring is 1. The van der Waals surface area contributed by atoms with Crippen LogP contribution in [-0.2, 0) is 0 Å². The average Bonchev–Trinajstić information content (AvgIpc) is 2.41. The van der Waals surface area contributed by atoms with Crippen LogP contribution in [-0.4, -0.2) is 11.0 Å². The number of halogens is 2. The van der Waals surface area contributed by atoms with Gasteiger partial charge in [-0.1, -0.05) is 43.1 Å². The van der Waals surface area contributed by atoms with Crippen LogP contribution < -0.4 is 11.1 Å². The van der Waals surface area contributed by atoms with Crippen LogP contribution >= 0.6 is 23.2 Å². The monoisotopic (exact) mass is 323 g/mol. The normalized spacial score (nSPS) is 12.5.